The fourth-order valence-corrected chi connectivity index (χ4v) is 4.16. The molecule has 0 aliphatic rings. The van der Waals surface area contributed by atoms with Crippen LogP contribution in [0.3, 0.4) is 0 Å². The number of aromatic nitrogens is 2. The minimum absolute atomic E-state index is 0.435. The van der Waals surface area contributed by atoms with E-state index in [4.69, 9.17) is 19.3 Å². The molecule has 0 bridgehead atoms. The molecule has 0 fully saturated rings. The fraction of sp³-hybridized carbons (Fsp3) is 0.276. The van der Waals surface area contributed by atoms with Gasteiger partial charge in [-0.15, -0.1) is 0 Å². The van der Waals surface area contributed by atoms with Gasteiger partial charge >= 0.3 is 0 Å². The van der Waals surface area contributed by atoms with Crippen LogP contribution in [-0.2, 0) is 18.3 Å². The van der Waals surface area contributed by atoms with Crippen LogP contribution in [0.25, 0.3) is 11.3 Å². The highest BCUT2D eigenvalue weighted by Crippen LogP contribution is 2.37. The summed E-state index contributed by atoms with van der Waals surface area (Å²) in [5.41, 5.74) is 3.62. The van der Waals surface area contributed by atoms with Gasteiger partial charge in [0.2, 0.25) is 5.88 Å². The normalized spacial score (nSPS) is 12.0. The van der Waals surface area contributed by atoms with Gasteiger partial charge in [-0.3, -0.25) is 4.90 Å². The van der Waals surface area contributed by atoms with Crippen molar-refractivity contribution in [2.75, 3.05) is 33.9 Å². The number of nitrogens with zero attached hydrogens (tertiary/aromatic N) is 3. The summed E-state index contributed by atoms with van der Waals surface area (Å²) in [5.74, 6) is 1.87. The maximum atomic E-state index is 11.0. The molecule has 1 N–H and O–H groups in total. The van der Waals surface area contributed by atoms with Crippen LogP contribution in [0.1, 0.15) is 17.2 Å². The van der Waals surface area contributed by atoms with Gasteiger partial charge in [0.1, 0.15) is 5.69 Å². The highest BCUT2D eigenvalue weighted by atomic mass is 16.5. The SMILES string of the molecule is COCCN(Cc1c(-c2ccccc2)nn(C)c1Oc1ccccc1OC)CC(O)c1ccccc1. The van der Waals surface area contributed by atoms with Gasteiger partial charge in [0, 0.05) is 39.4 Å². The van der Waals surface area contributed by atoms with Crippen molar-refractivity contribution in [1.82, 2.24) is 14.7 Å². The lowest BCUT2D eigenvalue weighted by atomic mass is 10.1. The molecule has 3 aromatic carbocycles. The molecule has 0 amide bonds. The van der Waals surface area contributed by atoms with Crippen molar-refractivity contribution in [2.24, 2.45) is 7.05 Å². The Morgan fingerprint density at radius 3 is 2.19 bits per heavy atom. The predicted molar refractivity (Wildman–Crippen MR) is 140 cm³/mol. The zero-order valence-corrected chi connectivity index (χ0v) is 21.0. The van der Waals surface area contributed by atoms with Crippen molar-refractivity contribution in [3.05, 3.63) is 96.1 Å². The Balaban J connectivity index is 1.71. The molecule has 1 aromatic heterocycles. The van der Waals surface area contributed by atoms with Gasteiger partial charge in [-0.25, -0.2) is 4.68 Å². The monoisotopic (exact) mass is 487 g/mol. The van der Waals surface area contributed by atoms with E-state index in [2.05, 4.69) is 4.90 Å². The Morgan fingerprint density at radius 2 is 1.53 bits per heavy atom. The third-order valence-corrected chi connectivity index (χ3v) is 6.02. The number of rotatable bonds is 12. The summed E-state index contributed by atoms with van der Waals surface area (Å²) in [4.78, 5) is 2.17. The molecule has 0 saturated carbocycles. The Labute approximate surface area is 212 Å². The van der Waals surface area contributed by atoms with Crippen LogP contribution in [0.5, 0.6) is 17.4 Å². The zero-order valence-electron chi connectivity index (χ0n) is 21.0. The van der Waals surface area contributed by atoms with Crippen LogP contribution >= 0.6 is 0 Å². The Kier molecular flexibility index (Phi) is 8.73. The van der Waals surface area contributed by atoms with Crippen LogP contribution in [-0.4, -0.2) is 53.7 Å². The number of methoxy groups -OCH3 is 2. The summed E-state index contributed by atoms with van der Waals surface area (Å²) in [6.07, 6.45) is -0.640. The quantitative estimate of drug-likeness (QED) is 0.301. The molecule has 1 heterocycles. The second-order valence-electron chi connectivity index (χ2n) is 8.53. The van der Waals surface area contributed by atoms with Gasteiger partial charge in [-0.05, 0) is 17.7 Å². The van der Waals surface area contributed by atoms with Crippen molar-refractivity contribution in [1.29, 1.82) is 0 Å². The first-order valence-electron chi connectivity index (χ1n) is 12.0. The molecule has 0 radical (unpaired) electrons. The lowest BCUT2D eigenvalue weighted by Gasteiger charge is -2.25. The molecule has 7 nitrogen and oxygen atoms in total. The average Bonchev–Trinajstić information content (AvgIpc) is 3.23. The molecular weight excluding hydrogens is 454 g/mol. The number of aryl methyl sites for hydroxylation is 1. The lowest BCUT2D eigenvalue weighted by Crippen LogP contribution is -2.31. The third-order valence-electron chi connectivity index (χ3n) is 6.02. The standard InChI is InChI=1S/C29H33N3O4/c1-31-29(36-27-17-11-10-16-26(27)35-3)24(28(30-31)23-14-8-5-9-15-23)20-32(18-19-34-2)21-25(33)22-12-6-4-7-13-22/h4-17,25,33H,18-21H2,1-3H3. The molecule has 36 heavy (non-hydrogen) atoms. The first kappa shape index (κ1) is 25.4. The van der Waals surface area contributed by atoms with Gasteiger partial charge in [0.15, 0.2) is 11.5 Å². The zero-order chi connectivity index (χ0) is 25.3. The molecule has 1 unspecified atom stereocenters. The summed E-state index contributed by atoms with van der Waals surface area (Å²) in [5, 5.41) is 15.8. The Morgan fingerprint density at radius 1 is 0.889 bits per heavy atom. The van der Waals surface area contributed by atoms with Gasteiger partial charge < -0.3 is 19.3 Å². The topological polar surface area (TPSA) is 69.0 Å². The number of hydrogen-bond acceptors (Lipinski definition) is 6. The van der Waals surface area contributed by atoms with Crippen LogP contribution < -0.4 is 9.47 Å². The van der Waals surface area contributed by atoms with E-state index in [0.29, 0.717) is 43.6 Å². The molecule has 4 rings (SSSR count). The highest BCUT2D eigenvalue weighted by Gasteiger charge is 2.24. The first-order chi connectivity index (χ1) is 17.6. The van der Waals surface area contributed by atoms with E-state index in [-0.39, 0.29) is 0 Å². The number of benzene rings is 3. The van der Waals surface area contributed by atoms with E-state index < -0.39 is 6.10 Å². The number of ether oxygens (including phenoxy) is 3. The highest BCUT2D eigenvalue weighted by molar-refractivity contribution is 5.66. The number of aliphatic hydroxyl groups is 1. The van der Waals surface area contributed by atoms with E-state index in [9.17, 15) is 5.11 Å². The van der Waals surface area contributed by atoms with Crippen LogP contribution in [0, 0.1) is 0 Å². The van der Waals surface area contributed by atoms with Gasteiger partial charge in [-0.1, -0.05) is 72.8 Å². The summed E-state index contributed by atoms with van der Waals surface area (Å²) >= 11 is 0. The maximum absolute atomic E-state index is 11.0. The van der Waals surface area contributed by atoms with E-state index >= 15 is 0 Å². The second-order valence-corrected chi connectivity index (χ2v) is 8.53. The van der Waals surface area contributed by atoms with Gasteiger partial charge in [-0.2, -0.15) is 5.10 Å². The number of aliphatic hydroxyl groups excluding tert-OH is 1. The summed E-state index contributed by atoms with van der Waals surface area (Å²) in [7, 11) is 5.18. The molecule has 0 aliphatic heterocycles. The van der Waals surface area contributed by atoms with Crippen molar-refractivity contribution in [3.8, 4) is 28.6 Å². The third kappa shape index (κ3) is 6.12. The summed E-state index contributed by atoms with van der Waals surface area (Å²) in [6, 6.07) is 27.3. The predicted octanol–water partition coefficient (Wildman–Crippen LogP) is 5.07. The van der Waals surface area contributed by atoms with Crippen molar-refractivity contribution in [3.63, 3.8) is 0 Å². The van der Waals surface area contributed by atoms with Crippen LogP contribution in [0.15, 0.2) is 84.9 Å². The van der Waals surface area contributed by atoms with Crippen molar-refractivity contribution >= 4 is 0 Å². The van der Waals surface area contributed by atoms with Gasteiger partial charge in [0.05, 0.1) is 25.4 Å². The molecule has 1 atom stereocenters. The van der Waals surface area contributed by atoms with E-state index in [0.717, 1.165) is 22.4 Å². The molecule has 7 heteroatoms. The summed E-state index contributed by atoms with van der Waals surface area (Å²) in [6.45, 7) is 2.11. The second kappa shape index (κ2) is 12.4. The summed E-state index contributed by atoms with van der Waals surface area (Å²) < 4.78 is 19.1. The minimum Gasteiger partial charge on any atom is -0.493 e. The fourth-order valence-electron chi connectivity index (χ4n) is 4.16. The molecule has 0 aliphatic carbocycles. The Hall–Kier alpha value is -3.65. The largest absolute Gasteiger partial charge is 0.493 e. The van der Waals surface area contributed by atoms with E-state index in [1.54, 1.807) is 18.9 Å². The van der Waals surface area contributed by atoms with Crippen LogP contribution in [0.2, 0.25) is 0 Å². The smallest absolute Gasteiger partial charge is 0.222 e. The van der Waals surface area contributed by atoms with Gasteiger partial charge in [0.25, 0.3) is 0 Å². The van der Waals surface area contributed by atoms with Crippen molar-refractivity contribution < 1.29 is 19.3 Å². The maximum Gasteiger partial charge on any atom is 0.222 e. The van der Waals surface area contributed by atoms with Crippen molar-refractivity contribution in [2.45, 2.75) is 12.6 Å². The molecule has 0 saturated heterocycles. The molecule has 4 aromatic rings. The first-order valence-corrected chi connectivity index (χ1v) is 12.0. The molecule has 188 valence electrons. The van der Waals surface area contributed by atoms with E-state index in [1.165, 1.54) is 0 Å². The lowest BCUT2D eigenvalue weighted by molar-refractivity contribution is 0.0846. The molecule has 0 spiro atoms. The minimum atomic E-state index is -0.640. The average molecular weight is 488 g/mol. The molecular formula is C29H33N3O4. The number of para-hydroxylation sites is 2. The van der Waals surface area contributed by atoms with Crippen LogP contribution in [0.4, 0.5) is 0 Å². The number of hydrogen-bond donors (Lipinski definition) is 1. The Bertz CT molecular complexity index is 1230. The van der Waals surface area contributed by atoms with E-state index in [1.807, 2.05) is 92.0 Å².